The second kappa shape index (κ2) is 10.2. The van der Waals surface area contributed by atoms with Gasteiger partial charge in [0.05, 0.1) is 6.61 Å². The Labute approximate surface area is 165 Å². The van der Waals surface area contributed by atoms with Gasteiger partial charge in [-0.1, -0.05) is 61.4 Å². The van der Waals surface area contributed by atoms with Gasteiger partial charge < -0.3 is 4.74 Å². The van der Waals surface area contributed by atoms with E-state index in [2.05, 4.69) is 62.1 Å². The molecule has 1 nitrogen and oxygen atoms in total. The number of hydrogen-bond acceptors (Lipinski definition) is 1. The smallest absolute Gasteiger partial charge is 0.119 e. The van der Waals surface area contributed by atoms with E-state index in [0.717, 1.165) is 24.3 Å². The summed E-state index contributed by atoms with van der Waals surface area (Å²) in [7, 11) is 0. The molecule has 0 amide bonds. The molecule has 0 radical (unpaired) electrons. The van der Waals surface area contributed by atoms with Crippen molar-refractivity contribution >= 4 is 0 Å². The molecule has 0 aromatic heterocycles. The predicted octanol–water partition coefficient (Wildman–Crippen LogP) is 6.89. The first-order chi connectivity index (χ1) is 13.2. The fourth-order valence-electron chi connectivity index (χ4n) is 3.77. The van der Waals surface area contributed by atoms with E-state index in [1.165, 1.54) is 49.7 Å². The summed E-state index contributed by atoms with van der Waals surface area (Å²) in [6, 6.07) is 17.3. The van der Waals surface area contributed by atoms with Crippen molar-refractivity contribution in [3.8, 4) is 17.6 Å². The van der Waals surface area contributed by atoms with Crippen molar-refractivity contribution in [2.75, 3.05) is 6.61 Å². The van der Waals surface area contributed by atoms with E-state index in [1.807, 2.05) is 12.1 Å². The first kappa shape index (κ1) is 19.6. The van der Waals surface area contributed by atoms with Gasteiger partial charge in [-0.15, -0.1) is 0 Å². The third-order valence-electron chi connectivity index (χ3n) is 5.57. The molecule has 0 bridgehead atoms. The van der Waals surface area contributed by atoms with Gasteiger partial charge in [-0.2, -0.15) is 0 Å². The van der Waals surface area contributed by atoms with E-state index in [0.29, 0.717) is 11.8 Å². The summed E-state index contributed by atoms with van der Waals surface area (Å²) in [5, 5.41) is 0. The molecule has 1 fully saturated rings. The van der Waals surface area contributed by atoms with Crippen molar-refractivity contribution in [2.24, 2.45) is 5.92 Å². The van der Waals surface area contributed by atoms with Crippen molar-refractivity contribution in [2.45, 2.75) is 64.7 Å². The van der Waals surface area contributed by atoms with E-state index in [4.69, 9.17) is 4.74 Å². The van der Waals surface area contributed by atoms with Gasteiger partial charge in [-0.25, -0.2) is 0 Å². The Balaban J connectivity index is 1.46. The third-order valence-corrected chi connectivity index (χ3v) is 5.57. The molecule has 2 aromatic carbocycles. The zero-order chi connectivity index (χ0) is 18.9. The van der Waals surface area contributed by atoms with Gasteiger partial charge in [0.1, 0.15) is 5.75 Å². The van der Waals surface area contributed by atoms with Crippen LogP contribution in [0, 0.1) is 24.7 Å². The Morgan fingerprint density at radius 3 is 2.26 bits per heavy atom. The zero-order valence-electron chi connectivity index (χ0n) is 16.8. The SMILES string of the molecule is CCCCCOc1ccc(C#C[C@H]2CC[C@H](c3ccc(C)cc3)CC2)cc1. The Hall–Kier alpha value is -2.20. The Morgan fingerprint density at radius 1 is 0.889 bits per heavy atom. The number of benzene rings is 2. The van der Waals surface area contributed by atoms with Gasteiger partial charge in [0, 0.05) is 11.5 Å². The average molecular weight is 361 g/mol. The highest BCUT2D eigenvalue weighted by Gasteiger charge is 2.20. The van der Waals surface area contributed by atoms with E-state index in [1.54, 1.807) is 0 Å². The maximum absolute atomic E-state index is 5.77. The van der Waals surface area contributed by atoms with Crippen LogP contribution >= 0.6 is 0 Å². The number of unbranched alkanes of at least 4 members (excludes halogenated alkanes) is 2. The number of hydrogen-bond donors (Lipinski definition) is 0. The minimum atomic E-state index is 0.539. The van der Waals surface area contributed by atoms with Crippen LogP contribution in [0.5, 0.6) is 5.75 Å². The largest absolute Gasteiger partial charge is 0.494 e. The summed E-state index contributed by atoms with van der Waals surface area (Å²) < 4.78 is 5.77. The summed E-state index contributed by atoms with van der Waals surface area (Å²) >= 11 is 0. The average Bonchev–Trinajstić information content (AvgIpc) is 2.72. The molecule has 0 saturated heterocycles. The molecule has 0 atom stereocenters. The molecular formula is C26H32O. The molecule has 0 N–H and O–H groups in total. The van der Waals surface area contributed by atoms with Crippen LogP contribution in [0.4, 0.5) is 0 Å². The van der Waals surface area contributed by atoms with Crippen LogP contribution < -0.4 is 4.74 Å². The van der Waals surface area contributed by atoms with E-state index in [-0.39, 0.29) is 0 Å². The van der Waals surface area contributed by atoms with Crippen LogP contribution in [-0.2, 0) is 0 Å². The van der Waals surface area contributed by atoms with Crippen LogP contribution in [0.1, 0.15) is 74.5 Å². The lowest BCUT2D eigenvalue weighted by Gasteiger charge is -2.26. The molecule has 1 aliphatic carbocycles. The van der Waals surface area contributed by atoms with Gasteiger partial charge in [-0.3, -0.25) is 0 Å². The lowest BCUT2D eigenvalue weighted by atomic mass is 9.79. The molecule has 1 saturated carbocycles. The highest BCUT2D eigenvalue weighted by atomic mass is 16.5. The highest BCUT2D eigenvalue weighted by Crippen LogP contribution is 2.35. The molecule has 1 aliphatic rings. The molecule has 142 valence electrons. The summed E-state index contributed by atoms with van der Waals surface area (Å²) in [5.74, 6) is 9.09. The van der Waals surface area contributed by atoms with Crippen molar-refractivity contribution in [3.05, 3.63) is 65.2 Å². The van der Waals surface area contributed by atoms with Gasteiger partial charge in [0.2, 0.25) is 0 Å². The van der Waals surface area contributed by atoms with E-state index < -0.39 is 0 Å². The monoisotopic (exact) mass is 360 g/mol. The van der Waals surface area contributed by atoms with Crippen molar-refractivity contribution in [1.29, 1.82) is 0 Å². The zero-order valence-corrected chi connectivity index (χ0v) is 16.8. The Kier molecular flexibility index (Phi) is 7.40. The second-order valence-electron chi connectivity index (χ2n) is 7.81. The lowest BCUT2D eigenvalue weighted by molar-refractivity contribution is 0.306. The van der Waals surface area contributed by atoms with Gasteiger partial charge in [0.15, 0.2) is 0 Å². The molecule has 0 unspecified atom stereocenters. The summed E-state index contributed by atoms with van der Waals surface area (Å²) in [6.07, 6.45) is 8.53. The Bertz CT molecular complexity index is 738. The van der Waals surface area contributed by atoms with Crippen molar-refractivity contribution in [1.82, 2.24) is 0 Å². The summed E-state index contributed by atoms with van der Waals surface area (Å²) in [5.41, 5.74) is 3.94. The molecule has 0 spiro atoms. The second-order valence-corrected chi connectivity index (χ2v) is 7.81. The highest BCUT2D eigenvalue weighted by molar-refractivity contribution is 5.38. The summed E-state index contributed by atoms with van der Waals surface area (Å²) in [6.45, 7) is 5.17. The molecule has 0 heterocycles. The van der Waals surface area contributed by atoms with Crippen molar-refractivity contribution in [3.63, 3.8) is 0 Å². The molecule has 27 heavy (non-hydrogen) atoms. The number of rotatable bonds is 6. The van der Waals surface area contributed by atoms with Gasteiger partial charge in [-0.05, 0) is 74.8 Å². The fraction of sp³-hybridized carbons (Fsp3) is 0.462. The van der Waals surface area contributed by atoms with E-state index in [9.17, 15) is 0 Å². The molecule has 0 aliphatic heterocycles. The van der Waals surface area contributed by atoms with Crippen LogP contribution in [0.3, 0.4) is 0 Å². The minimum Gasteiger partial charge on any atom is -0.494 e. The third kappa shape index (κ3) is 6.17. The summed E-state index contributed by atoms with van der Waals surface area (Å²) in [4.78, 5) is 0. The normalized spacial score (nSPS) is 19.2. The number of ether oxygens (including phenoxy) is 1. The molecule has 2 aromatic rings. The van der Waals surface area contributed by atoms with Crippen molar-refractivity contribution < 1.29 is 4.74 Å². The first-order valence-corrected chi connectivity index (χ1v) is 10.6. The van der Waals surface area contributed by atoms with E-state index >= 15 is 0 Å². The van der Waals surface area contributed by atoms with Crippen LogP contribution in [0.25, 0.3) is 0 Å². The standard InChI is InChI=1S/C26H32O/c1-3-4-5-20-27-26-18-12-23(13-19-26)9-8-22-10-16-25(17-11-22)24-14-6-21(2)7-15-24/h6-7,12-15,18-19,22,25H,3-5,10-11,16-17,20H2,1-2H3/t22-,25-. The quantitative estimate of drug-likeness (QED) is 0.402. The van der Waals surface area contributed by atoms with Crippen LogP contribution in [0.2, 0.25) is 0 Å². The van der Waals surface area contributed by atoms with Gasteiger partial charge in [0.25, 0.3) is 0 Å². The van der Waals surface area contributed by atoms with Crippen LogP contribution in [-0.4, -0.2) is 6.61 Å². The number of aryl methyl sites for hydroxylation is 1. The molecular weight excluding hydrogens is 328 g/mol. The topological polar surface area (TPSA) is 9.23 Å². The minimum absolute atomic E-state index is 0.539. The molecule has 3 rings (SSSR count). The lowest BCUT2D eigenvalue weighted by Crippen LogP contribution is -2.12. The maximum atomic E-state index is 5.77. The molecule has 1 heteroatoms. The first-order valence-electron chi connectivity index (χ1n) is 10.6. The fourth-order valence-corrected chi connectivity index (χ4v) is 3.77. The van der Waals surface area contributed by atoms with Gasteiger partial charge >= 0.3 is 0 Å². The predicted molar refractivity (Wildman–Crippen MR) is 114 cm³/mol. The Morgan fingerprint density at radius 2 is 1.59 bits per heavy atom. The maximum Gasteiger partial charge on any atom is 0.119 e. The van der Waals surface area contributed by atoms with Crippen LogP contribution in [0.15, 0.2) is 48.5 Å².